The number of sulfonamides is 1. The lowest BCUT2D eigenvalue weighted by Crippen LogP contribution is -2.16. The Hall–Kier alpha value is -2.15. The Kier molecular flexibility index (Phi) is 3.15. The van der Waals surface area contributed by atoms with Gasteiger partial charge in [0, 0.05) is 18.0 Å². The minimum atomic E-state index is -3.50. The van der Waals surface area contributed by atoms with Gasteiger partial charge in [-0.3, -0.25) is 9.71 Å². The fraction of sp³-hybridized carbons (Fsp3) is 0.0909. The van der Waals surface area contributed by atoms with Gasteiger partial charge in [-0.25, -0.2) is 13.2 Å². The summed E-state index contributed by atoms with van der Waals surface area (Å²) in [6.45, 7) is 0. The lowest BCUT2D eigenvalue weighted by Gasteiger charge is -2.03. The van der Waals surface area contributed by atoms with Crippen molar-refractivity contribution in [1.29, 1.82) is 0 Å². The van der Waals surface area contributed by atoms with E-state index >= 15 is 0 Å². The summed E-state index contributed by atoms with van der Waals surface area (Å²) in [5, 5.41) is 0. The maximum Gasteiger partial charge on any atom is 0.360 e. The van der Waals surface area contributed by atoms with Crippen molar-refractivity contribution >= 4 is 15.7 Å². The molecule has 2 aromatic heterocycles. The van der Waals surface area contributed by atoms with Gasteiger partial charge in [-0.05, 0) is 24.3 Å². The van der Waals surface area contributed by atoms with Crippen LogP contribution in [0.1, 0.15) is 0 Å². The SMILES string of the molecule is CS(=O)(=O)Nc1ccc(-c2cccnc2)oc1=O. The first-order valence-corrected chi connectivity index (χ1v) is 6.87. The maximum absolute atomic E-state index is 11.6. The van der Waals surface area contributed by atoms with Crippen LogP contribution in [0.25, 0.3) is 11.3 Å². The van der Waals surface area contributed by atoms with Crippen LogP contribution in [-0.4, -0.2) is 19.7 Å². The van der Waals surface area contributed by atoms with Gasteiger partial charge in [0.25, 0.3) is 0 Å². The number of hydrogen-bond donors (Lipinski definition) is 1. The second-order valence-electron chi connectivity index (χ2n) is 3.62. The molecular formula is C11H10N2O4S. The van der Waals surface area contributed by atoms with Crippen molar-refractivity contribution in [1.82, 2.24) is 4.98 Å². The first-order valence-electron chi connectivity index (χ1n) is 4.98. The van der Waals surface area contributed by atoms with Crippen molar-refractivity contribution < 1.29 is 12.8 Å². The zero-order valence-corrected chi connectivity index (χ0v) is 10.3. The van der Waals surface area contributed by atoms with Gasteiger partial charge in [0.1, 0.15) is 11.4 Å². The fourth-order valence-electron chi connectivity index (χ4n) is 1.36. The summed E-state index contributed by atoms with van der Waals surface area (Å²) >= 11 is 0. The van der Waals surface area contributed by atoms with E-state index in [1.54, 1.807) is 24.5 Å². The summed E-state index contributed by atoms with van der Waals surface area (Å²) in [7, 11) is -3.50. The molecule has 0 unspecified atom stereocenters. The molecule has 1 N–H and O–H groups in total. The molecule has 18 heavy (non-hydrogen) atoms. The topological polar surface area (TPSA) is 89.3 Å². The molecule has 2 heterocycles. The van der Waals surface area contributed by atoms with E-state index in [-0.39, 0.29) is 5.69 Å². The second kappa shape index (κ2) is 4.61. The highest BCUT2D eigenvalue weighted by molar-refractivity contribution is 7.92. The van der Waals surface area contributed by atoms with Gasteiger partial charge < -0.3 is 4.42 Å². The molecule has 0 saturated heterocycles. The molecule has 0 radical (unpaired) electrons. The van der Waals surface area contributed by atoms with Gasteiger partial charge in [-0.1, -0.05) is 0 Å². The zero-order chi connectivity index (χ0) is 13.2. The molecule has 2 rings (SSSR count). The minimum absolute atomic E-state index is 0.120. The molecule has 0 saturated carbocycles. The maximum atomic E-state index is 11.6. The van der Waals surface area contributed by atoms with Crippen LogP contribution < -0.4 is 10.3 Å². The number of hydrogen-bond acceptors (Lipinski definition) is 5. The summed E-state index contributed by atoms with van der Waals surface area (Å²) in [4.78, 5) is 15.5. The van der Waals surface area contributed by atoms with E-state index in [0.717, 1.165) is 6.26 Å². The number of nitrogens with zero attached hydrogens (tertiary/aromatic N) is 1. The van der Waals surface area contributed by atoms with Gasteiger partial charge in [-0.15, -0.1) is 0 Å². The summed E-state index contributed by atoms with van der Waals surface area (Å²) in [6, 6.07) is 6.30. The number of aromatic nitrogens is 1. The number of nitrogens with one attached hydrogen (secondary N) is 1. The van der Waals surface area contributed by atoms with Crippen LogP contribution in [0.4, 0.5) is 5.69 Å². The van der Waals surface area contributed by atoms with Crippen molar-refractivity contribution in [3.63, 3.8) is 0 Å². The average Bonchev–Trinajstić information content (AvgIpc) is 2.31. The van der Waals surface area contributed by atoms with Gasteiger partial charge >= 0.3 is 5.63 Å². The molecule has 6 nitrogen and oxygen atoms in total. The Balaban J connectivity index is 2.40. The monoisotopic (exact) mass is 266 g/mol. The second-order valence-corrected chi connectivity index (χ2v) is 5.37. The molecule has 0 aromatic carbocycles. The summed E-state index contributed by atoms with van der Waals surface area (Å²) in [5.41, 5.74) is -0.229. The summed E-state index contributed by atoms with van der Waals surface area (Å²) < 4.78 is 29.1. The number of rotatable bonds is 3. The predicted molar refractivity (Wildman–Crippen MR) is 66.7 cm³/mol. The van der Waals surface area contributed by atoms with Crippen LogP contribution in [-0.2, 0) is 10.0 Å². The van der Waals surface area contributed by atoms with E-state index < -0.39 is 15.6 Å². The Bertz CT molecular complexity index is 707. The predicted octanol–water partition coefficient (Wildman–Crippen LogP) is 1.07. The molecule has 94 valence electrons. The largest absolute Gasteiger partial charge is 0.421 e. The van der Waals surface area contributed by atoms with Gasteiger partial charge in [0.2, 0.25) is 10.0 Å². The van der Waals surface area contributed by atoms with E-state index in [0.29, 0.717) is 11.3 Å². The van der Waals surface area contributed by atoms with Crippen LogP contribution in [0, 0.1) is 0 Å². The molecule has 0 aliphatic rings. The van der Waals surface area contributed by atoms with E-state index in [9.17, 15) is 13.2 Å². The Morgan fingerprint density at radius 3 is 2.61 bits per heavy atom. The Morgan fingerprint density at radius 1 is 1.28 bits per heavy atom. The summed E-state index contributed by atoms with van der Waals surface area (Å²) in [6.07, 6.45) is 4.10. The van der Waals surface area contributed by atoms with Crippen molar-refractivity contribution in [2.45, 2.75) is 0 Å². The zero-order valence-electron chi connectivity index (χ0n) is 9.45. The van der Waals surface area contributed by atoms with Crippen molar-refractivity contribution in [2.24, 2.45) is 0 Å². The third-order valence-electron chi connectivity index (χ3n) is 2.07. The number of anilines is 1. The lowest BCUT2D eigenvalue weighted by atomic mass is 10.2. The van der Waals surface area contributed by atoms with Crippen molar-refractivity contribution in [2.75, 3.05) is 11.0 Å². The highest BCUT2D eigenvalue weighted by atomic mass is 32.2. The minimum Gasteiger partial charge on any atom is -0.421 e. The molecule has 0 aliphatic heterocycles. The quantitative estimate of drug-likeness (QED) is 0.897. The van der Waals surface area contributed by atoms with Gasteiger partial charge in [-0.2, -0.15) is 0 Å². The highest BCUT2D eigenvalue weighted by Crippen LogP contribution is 2.17. The van der Waals surface area contributed by atoms with E-state index in [2.05, 4.69) is 9.71 Å². The third-order valence-corrected chi connectivity index (χ3v) is 2.66. The average molecular weight is 266 g/mol. The van der Waals surface area contributed by atoms with Crippen molar-refractivity contribution in [3.8, 4) is 11.3 Å². The van der Waals surface area contributed by atoms with Crippen LogP contribution in [0.3, 0.4) is 0 Å². The van der Waals surface area contributed by atoms with E-state index in [1.807, 2.05) is 0 Å². The molecule has 0 bridgehead atoms. The van der Waals surface area contributed by atoms with Crippen LogP contribution in [0.15, 0.2) is 45.9 Å². The third kappa shape index (κ3) is 2.95. The first-order chi connectivity index (χ1) is 8.46. The molecule has 2 aromatic rings. The first kappa shape index (κ1) is 12.3. The van der Waals surface area contributed by atoms with Gasteiger partial charge in [0.05, 0.1) is 6.26 Å². The van der Waals surface area contributed by atoms with E-state index in [1.165, 1.54) is 12.1 Å². The molecule has 0 aliphatic carbocycles. The van der Waals surface area contributed by atoms with Crippen LogP contribution >= 0.6 is 0 Å². The summed E-state index contributed by atoms with van der Waals surface area (Å²) in [5.74, 6) is 0.326. The molecule has 0 spiro atoms. The standard InChI is InChI=1S/C11H10N2O4S/c1-18(15,16)13-9-4-5-10(17-11(9)14)8-3-2-6-12-7-8/h2-7,13H,1H3. The number of pyridine rings is 1. The lowest BCUT2D eigenvalue weighted by molar-refractivity contribution is 0.528. The highest BCUT2D eigenvalue weighted by Gasteiger charge is 2.09. The van der Waals surface area contributed by atoms with Gasteiger partial charge in [0.15, 0.2) is 0 Å². The Labute approximate surface area is 103 Å². The molecule has 7 heteroatoms. The molecule has 0 amide bonds. The van der Waals surface area contributed by atoms with E-state index in [4.69, 9.17) is 4.42 Å². The van der Waals surface area contributed by atoms with Crippen molar-refractivity contribution in [3.05, 3.63) is 47.1 Å². The fourth-order valence-corrected chi connectivity index (χ4v) is 1.91. The molecule has 0 fully saturated rings. The molecule has 0 atom stereocenters. The Morgan fingerprint density at radius 2 is 2.06 bits per heavy atom. The molecular weight excluding hydrogens is 256 g/mol. The normalized spacial score (nSPS) is 11.2. The smallest absolute Gasteiger partial charge is 0.360 e. The van der Waals surface area contributed by atoms with Crippen LogP contribution in [0.2, 0.25) is 0 Å². The van der Waals surface area contributed by atoms with Crippen LogP contribution in [0.5, 0.6) is 0 Å².